The quantitative estimate of drug-likeness (QED) is 0.388. The Morgan fingerprint density at radius 3 is 2.29 bits per heavy atom. The molecule has 1 aromatic heterocycles. The molecule has 0 aliphatic carbocycles. The third-order valence-corrected chi connectivity index (χ3v) is 6.15. The number of rotatable bonds is 5. The number of aromatic hydroxyl groups is 2. The van der Waals surface area contributed by atoms with Crippen molar-refractivity contribution in [3.05, 3.63) is 80.8 Å². The number of allylic oxidation sites excluding steroid dienone is 4. The van der Waals surface area contributed by atoms with Gasteiger partial charge in [-0.05, 0) is 78.2 Å². The van der Waals surface area contributed by atoms with Gasteiger partial charge in [0.1, 0.15) is 40.1 Å². The first-order valence-electron chi connectivity index (χ1n) is 11.8. The summed E-state index contributed by atoms with van der Waals surface area (Å²) in [4.78, 5) is 13.7. The van der Waals surface area contributed by atoms with E-state index < -0.39 is 5.60 Å². The molecule has 182 valence electrons. The average Bonchev–Trinajstić information content (AvgIpc) is 2.77. The summed E-state index contributed by atoms with van der Waals surface area (Å²) in [7, 11) is 0. The summed E-state index contributed by atoms with van der Waals surface area (Å²) >= 11 is 0. The molecule has 0 bridgehead atoms. The molecular formula is C30H32O5. The lowest BCUT2D eigenvalue weighted by Gasteiger charge is -2.28. The third-order valence-electron chi connectivity index (χ3n) is 6.15. The van der Waals surface area contributed by atoms with Crippen LogP contribution in [0.2, 0.25) is 0 Å². The molecule has 5 nitrogen and oxygen atoms in total. The van der Waals surface area contributed by atoms with Crippen molar-refractivity contribution in [1.82, 2.24) is 0 Å². The van der Waals surface area contributed by atoms with Gasteiger partial charge in [-0.3, -0.25) is 4.79 Å². The Morgan fingerprint density at radius 2 is 1.63 bits per heavy atom. The zero-order valence-electron chi connectivity index (χ0n) is 21.2. The van der Waals surface area contributed by atoms with Gasteiger partial charge in [-0.25, -0.2) is 0 Å². The molecule has 2 N–H and O–H groups in total. The Balaban J connectivity index is 1.95. The third kappa shape index (κ3) is 4.76. The first kappa shape index (κ1) is 24.4. The molecular weight excluding hydrogens is 440 g/mol. The zero-order valence-corrected chi connectivity index (χ0v) is 21.2. The minimum Gasteiger partial charge on any atom is -0.507 e. The molecule has 1 aliphatic rings. The van der Waals surface area contributed by atoms with Crippen LogP contribution >= 0.6 is 0 Å². The van der Waals surface area contributed by atoms with Gasteiger partial charge in [0, 0.05) is 16.7 Å². The van der Waals surface area contributed by atoms with Gasteiger partial charge in [0.2, 0.25) is 5.43 Å². The van der Waals surface area contributed by atoms with Gasteiger partial charge in [0.25, 0.3) is 0 Å². The maximum absolute atomic E-state index is 13.7. The molecule has 0 saturated heterocycles. The Hall–Kier alpha value is -3.73. The van der Waals surface area contributed by atoms with Gasteiger partial charge < -0.3 is 19.4 Å². The van der Waals surface area contributed by atoms with Crippen LogP contribution in [-0.2, 0) is 12.8 Å². The number of hydrogen-bond donors (Lipinski definition) is 2. The van der Waals surface area contributed by atoms with Crippen LogP contribution < -0.4 is 10.2 Å². The Kier molecular flexibility index (Phi) is 6.37. The summed E-state index contributed by atoms with van der Waals surface area (Å²) in [5.41, 5.74) is 4.26. The van der Waals surface area contributed by atoms with E-state index in [9.17, 15) is 15.0 Å². The molecule has 2 heterocycles. The largest absolute Gasteiger partial charge is 0.507 e. The van der Waals surface area contributed by atoms with E-state index in [0.717, 1.165) is 22.5 Å². The van der Waals surface area contributed by atoms with Crippen molar-refractivity contribution < 1.29 is 19.4 Å². The fraction of sp³-hybridized carbons (Fsp3) is 0.300. The molecule has 5 heteroatoms. The summed E-state index contributed by atoms with van der Waals surface area (Å²) in [6.45, 7) is 11.8. The van der Waals surface area contributed by atoms with Crippen molar-refractivity contribution in [2.75, 3.05) is 0 Å². The van der Waals surface area contributed by atoms with Gasteiger partial charge >= 0.3 is 0 Å². The highest BCUT2D eigenvalue weighted by Gasteiger charge is 2.25. The SMILES string of the molecule is CC(C)=CCc1c(O)c(CC=C(C)C)c2occ(-c3ccc4c(c3)C=CC(C)(C)O4)c(=O)c2c1O. The molecule has 0 amide bonds. The maximum atomic E-state index is 13.7. The number of benzene rings is 2. The van der Waals surface area contributed by atoms with Crippen molar-refractivity contribution in [2.24, 2.45) is 0 Å². The normalized spacial score (nSPS) is 13.8. The second-order valence-electron chi connectivity index (χ2n) is 10.1. The zero-order chi connectivity index (χ0) is 25.5. The average molecular weight is 473 g/mol. The molecule has 0 saturated carbocycles. The lowest BCUT2D eigenvalue weighted by atomic mass is 9.94. The first-order valence-corrected chi connectivity index (χ1v) is 11.8. The van der Waals surface area contributed by atoms with Crippen molar-refractivity contribution in [3.63, 3.8) is 0 Å². The molecule has 0 spiro atoms. The van der Waals surface area contributed by atoms with Crippen LogP contribution in [0.1, 0.15) is 58.2 Å². The summed E-state index contributed by atoms with van der Waals surface area (Å²) in [6, 6.07) is 5.54. The first-order chi connectivity index (χ1) is 16.5. The molecule has 2 aromatic carbocycles. The van der Waals surface area contributed by atoms with E-state index in [1.807, 2.05) is 84.0 Å². The predicted molar refractivity (Wildman–Crippen MR) is 141 cm³/mol. The fourth-order valence-corrected chi connectivity index (χ4v) is 4.20. The molecule has 1 aliphatic heterocycles. The number of fused-ring (bicyclic) bond motifs is 2. The minimum atomic E-state index is -0.395. The van der Waals surface area contributed by atoms with E-state index in [0.29, 0.717) is 35.1 Å². The highest BCUT2D eigenvalue weighted by Crippen LogP contribution is 2.41. The summed E-state index contributed by atoms with van der Waals surface area (Å²) < 4.78 is 11.9. The van der Waals surface area contributed by atoms with Gasteiger partial charge in [-0.1, -0.05) is 35.4 Å². The monoisotopic (exact) mass is 472 g/mol. The summed E-state index contributed by atoms with van der Waals surface area (Å²) in [5.74, 6) is 0.460. The predicted octanol–water partition coefficient (Wildman–Crippen LogP) is 7.07. The highest BCUT2D eigenvalue weighted by atomic mass is 16.5. The standard InChI is InChI=1S/C30H32O5/c1-17(2)7-10-21-26(31)22(11-8-18(3)4)29-25(27(21)32)28(33)23(16-34-29)19-9-12-24-20(15-19)13-14-30(5,6)35-24/h7-9,12-16,31-32H,10-11H2,1-6H3. The Morgan fingerprint density at radius 1 is 0.971 bits per heavy atom. The van der Waals surface area contributed by atoms with Crippen molar-refractivity contribution in [1.29, 1.82) is 0 Å². The number of ether oxygens (including phenoxy) is 1. The van der Waals surface area contributed by atoms with Gasteiger partial charge in [-0.15, -0.1) is 0 Å². The summed E-state index contributed by atoms with van der Waals surface area (Å²) in [6.07, 6.45) is 9.92. The van der Waals surface area contributed by atoms with Crippen LogP contribution in [0.3, 0.4) is 0 Å². The topological polar surface area (TPSA) is 79.9 Å². The van der Waals surface area contributed by atoms with Crippen molar-refractivity contribution in [2.45, 2.75) is 60.0 Å². The van der Waals surface area contributed by atoms with Gasteiger partial charge in [0.05, 0.1) is 5.56 Å². The van der Waals surface area contributed by atoms with Gasteiger partial charge in [-0.2, -0.15) is 0 Å². The maximum Gasteiger partial charge on any atom is 0.204 e. The molecule has 0 unspecified atom stereocenters. The van der Waals surface area contributed by atoms with E-state index in [4.69, 9.17) is 9.15 Å². The smallest absolute Gasteiger partial charge is 0.204 e. The van der Waals surface area contributed by atoms with E-state index >= 15 is 0 Å². The second-order valence-corrected chi connectivity index (χ2v) is 10.1. The van der Waals surface area contributed by atoms with E-state index in [-0.39, 0.29) is 27.9 Å². The van der Waals surface area contributed by atoms with Crippen LogP contribution in [0.5, 0.6) is 17.2 Å². The van der Waals surface area contributed by atoms with Crippen LogP contribution in [0.4, 0.5) is 0 Å². The Labute approximate surface area is 205 Å². The van der Waals surface area contributed by atoms with E-state index in [2.05, 4.69) is 0 Å². The molecule has 35 heavy (non-hydrogen) atoms. The second kappa shape index (κ2) is 9.14. The van der Waals surface area contributed by atoms with Crippen molar-refractivity contribution >= 4 is 17.0 Å². The van der Waals surface area contributed by atoms with E-state index in [1.165, 1.54) is 6.26 Å². The van der Waals surface area contributed by atoms with Crippen LogP contribution in [0.25, 0.3) is 28.2 Å². The molecule has 0 atom stereocenters. The molecule has 0 fully saturated rings. The summed E-state index contributed by atoms with van der Waals surface area (Å²) in [5, 5.41) is 22.3. The van der Waals surface area contributed by atoms with Crippen LogP contribution in [0.15, 0.2) is 63.0 Å². The highest BCUT2D eigenvalue weighted by molar-refractivity contribution is 5.93. The van der Waals surface area contributed by atoms with Gasteiger partial charge in [0.15, 0.2) is 0 Å². The molecule has 3 aromatic rings. The lowest BCUT2D eigenvalue weighted by molar-refractivity contribution is 0.159. The number of phenols is 2. The van der Waals surface area contributed by atoms with Crippen LogP contribution in [0, 0.1) is 0 Å². The number of hydrogen-bond acceptors (Lipinski definition) is 5. The van der Waals surface area contributed by atoms with Crippen molar-refractivity contribution in [3.8, 4) is 28.4 Å². The van der Waals surface area contributed by atoms with Crippen LogP contribution in [-0.4, -0.2) is 15.8 Å². The lowest BCUT2D eigenvalue weighted by Crippen LogP contribution is -2.27. The fourth-order valence-electron chi connectivity index (χ4n) is 4.20. The number of phenolic OH excluding ortho intramolecular Hbond substituents is 2. The molecule has 0 radical (unpaired) electrons. The Bertz CT molecular complexity index is 1460. The minimum absolute atomic E-state index is 0.0421. The van der Waals surface area contributed by atoms with E-state index in [1.54, 1.807) is 0 Å². The molecule has 4 rings (SSSR count).